The zero-order valence-electron chi connectivity index (χ0n) is 20.0. The zero-order valence-corrected chi connectivity index (χ0v) is 20.0. The van der Waals surface area contributed by atoms with Gasteiger partial charge in [-0.05, 0) is 88.4 Å². The fourth-order valence-electron chi connectivity index (χ4n) is 6.92. The molecular weight excluding hydrogens is 388 g/mol. The van der Waals surface area contributed by atoms with Gasteiger partial charge in [0.25, 0.3) is 0 Å². The molecule has 176 valence electrons. The molecule has 7 unspecified atom stereocenters. The molecule has 2 heterocycles. The van der Waals surface area contributed by atoms with Crippen LogP contribution in [-0.4, -0.2) is 54.6 Å². The summed E-state index contributed by atoms with van der Waals surface area (Å²) < 4.78 is 0. The van der Waals surface area contributed by atoms with Crippen LogP contribution in [0.15, 0.2) is 0 Å². The van der Waals surface area contributed by atoms with Gasteiger partial charge >= 0.3 is 6.03 Å². The van der Waals surface area contributed by atoms with E-state index in [0.29, 0.717) is 41.8 Å². The predicted molar refractivity (Wildman–Crippen MR) is 124 cm³/mol. The van der Waals surface area contributed by atoms with Crippen molar-refractivity contribution < 1.29 is 9.59 Å². The normalized spacial score (nSPS) is 43.8. The highest BCUT2D eigenvalue weighted by atomic mass is 16.2. The summed E-state index contributed by atoms with van der Waals surface area (Å²) in [6.45, 7) is 7.85. The summed E-state index contributed by atoms with van der Waals surface area (Å²) in [5, 5.41) is 10.1. The maximum atomic E-state index is 13.4. The largest absolute Gasteiger partial charge is 0.342 e. The maximum absolute atomic E-state index is 13.4. The van der Waals surface area contributed by atoms with Crippen molar-refractivity contribution >= 4 is 11.9 Å². The fourth-order valence-corrected chi connectivity index (χ4v) is 6.92. The minimum Gasteiger partial charge on any atom is -0.342 e. The number of nitrogens with one attached hydrogen (secondary N) is 3. The van der Waals surface area contributed by atoms with Gasteiger partial charge in [-0.15, -0.1) is 0 Å². The standard InChI is InChI=1S/C25H44N4O2/c1-15-5-8-19(9-6-15)27-25(31)28-20-10-7-16(2)21(13-20)22-12-18-14-26-17(3)11-23(18)29(4)24(22)30/h15-23,26H,5-14H2,1-4H3,(H2,27,28,31). The van der Waals surface area contributed by atoms with Crippen molar-refractivity contribution in [2.75, 3.05) is 13.6 Å². The first-order chi connectivity index (χ1) is 14.8. The van der Waals surface area contributed by atoms with Gasteiger partial charge in [-0.2, -0.15) is 0 Å². The van der Waals surface area contributed by atoms with Gasteiger partial charge in [-0.25, -0.2) is 4.79 Å². The van der Waals surface area contributed by atoms with E-state index in [4.69, 9.17) is 0 Å². The van der Waals surface area contributed by atoms with E-state index < -0.39 is 0 Å². The van der Waals surface area contributed by atoms with Crippen LogP contribution in [0.2, 0.25) is 0 Å². The summed E-state index contributed by atoms with van der Waals surface area (Å²) in [6, 6.07) is 1.37. The maximum Gasteiger partial charge on any atom is 0.315 e. The first-order valence-corrected chi connectivity index (χ1v) is 12.9. The molecule has 0 spiro atoms. The summed E-state index contributed by atoms with van der Waals surface area (Å²) in [5.41, 5.74) is 0. The van der Waals surface area contributed by atoms with Crippen LogP contribution in [0.25, 0.3) is 0 Å². The number of amides is 3. The van der Waals surface area contributed by atoms with Crippen molar-refractivity contribution in [3.8, 4) is 0 Å². The zero-order chi connectivity index (χ0) is 22.1. The Hall–Kier alpha value is -1.30. The predicted octanol–water partition coefficient (Wildman–Crippen LogP) is 3.51. The van der Waals surface area contributed by atoms with Gasteiger partial charge in [-0.3, -0.25) is 4.79 Å². The lowest BCUT2D eigenvalue weighted by atomic mass is 9.65. The Morgan fingerprint density at radius 2 is 1.61 bits per heavy atom. The molecule has 31 heavy (non-hydrogen) atoms. The van der Waals surface area contributed by atoms with E-state index in [9.17, 15) is 9.59 Å². The van der Waals surface area contributed by atoms with Gasteiger partial charge in [0, 0.05) is 43.7 Å². The van der Waals surface area contributed by atoms with Crippen molar-refractivity contribution in [1.29, 1.82) is 0 Å². The van der Waals surface area contributed by atoms with Crippen LogP contribution in [0.3, 0.4) is 0 Å². The molecular formula is C25H44N4O2. The van der Waals surface area contributed by atoms with Gasteiger partial charge in [0.05, 0.1) is 0 Å². The molecule has 0 aromatic heterocycles. The molecule has 3 amide bonds. The van der Waals surface area contributed by atoms with Crippen molar-refractivity contribution in [3.05, 3.63) is 0 Å². The van der Waals surface area contributed by atoms with Crippen molar-refractivity contribution in [1.82, 2.24) is 20.9 Å². The fraction of sp³-hybridized carbons (Fsp3) is 0.920. The van der Waals surface area contributed by atoms with Gasteiger partial charge in [0.2, 0.25) is 5.91 Å². The molecule has 0 radical (unpaired) electrons. The second kappa shape index (κ2) is 9.68. The van der Waals surface area contributed by atoms with Gasteiger partial charge < -0.3 is 20.9 Å². The highest BCUT2D eigenvalue weighted by molar-refractivity contribution is 5.80. The highest BCUT2D eigenvalue weighted by Crippen LogP contribution is 2.43. The van der Waals surface area contributed by atoms with E-state index in [0.717, 1.165) is 57.4 Å². The van der Waals surface area contributed by atoms with Gasteiger partial charge in [-0.1, -0.05) is 13.8 Å². The number of carbonyl (C=O) groups is 2. The first kappa shape index (κ1) is 22.9. The van der Waals surface area contributed by atoms with Crippen LogP contribution in [-0.2, 0) is 4.79 Å². The van der Waals surface area contributed by atoms with Crippen LogP contribution in [0.5, 0.6) is 0 Å². The Labute approximate surface area is 188 Å². The average Bonchev–Trinajstić information content (AvgIpc) is 2.74. The molecule has 2 saturated carbocycles. The van der Waals surface area contributed by atoms with Crippen molar-refractivity contribution in [3.63, 3.8) is 0 Å². The number of hydrogen-bond donors (Lipinski definition) is 3. The molecule has 0 aromatic rings. The summed E-state index contributed by atoms with van der Waals surface area (Å²) in [7, 11) is 2.02. The van der Waals surface area contributed by atoms with E-state index in [1.165, 1.54) is 12.8 Å². The molecule has 6 heteroatoms. The minimum atomic E-state index is -0.00419. The summed E-state index contributed by atoms with van der Waals surface area (Å²) >= 11 is 0. The number of fused-ring (bicyclic) bond motifs is 1. The van der Waals surface area contributed by atoms with E-state index in [1.54, 1.807) is 0 Å². The molecule has 2 saturated heterocycles. The molecule has 4 aliphatic rings. The summed E-state index contributed by atoms with van der Waals surface area (Å²) in [6.07, 6.45) is 9.71. The van der Waals surface area contributed by atoms with Crippen LogP contribution < -0.4 is 16.0 Å². The Balaban J connectivity index is 1.34. The highest BCUT2D eigenvalue weighted by Gasteiger charge is 2.47. The van der Waals surface area contributed by atoms with Gasteiger partial charge in [0.1, 0.15) is 0 Å². The Bertz CT molecular complexity index is 647. The number of likely N-dealkylation sites (tertiary alicyclic amines) is 1. The number of carbonyl (C=O) groups excluding carboxylic acids is 2. The summed E-state index contributed by atoms with van der Waals surface area (Å²) in [5.74, 6) is 2.69. The molecule has 4 rings (SSSR count). The smallest absolute Gasteiger partial charge is 0.315 e. The van der Waals surface area contributed by atoms with Crippen LogP contribution in [0.1, 0.15) is 78.6 Å². The number of hydrogen-bond acceptors (Lipinski definition) is 3. The van der Waals surface area contributed by atoms with Gasteiger partial charge in [0.15, 0.2) is 0 Å². The third-order valence-corrected chi connectivity index (χ3v) is 9.05. The second-order valence-corrected chi connectivity index (χ2v) is 11.4. The second-order valence-electron chi connectivity index (χ2n) is 11.4. The van der Waals surface area contributed by atoms with E-state index in [1.807, 2.05) is 7.05 Å². The minimum absolute atomic E-state index is 0.00419. The van der Waals surface area contributed by atoms with Crippen LogP contribution in [0, 0.1) is 29.6 Å². The van der Waals surface area contributed by atoms with Crippen LogP contribution >= 0.6 is 0 Å². The van der Waals surface area contributed by atoms with E-state index >= 15 is 0 Å². The topological polar surface area (TPSA) is 73.5 Å². The van der Waals surface area contributed by atoms with E-state index in [-0.39, 0.29) is 18.0 Å². The molecule has 2 aliphatic heterocycles. The van der Waals surface area contributed by atoms with Crippen molar-refractivity contribution in [2.24, 2.45) is 29.6 Å². The molecule has 7 atom stereocenters. The summed E-state index contributed by atoms with van der Waals surface area (Å²) in [4.78, 5) is 28.1. The Morgan fingerprint density at radius 1 is 0.935 bits per heavy atom. The molecule has 4 fully saturated rings. The Kier molecular flexibility index (Phi) is 7.14. The first-order valence-electron chi connectivity index (χ1n) is 12.9. The lowest BCUT2D eigenvalue weighted by Crippen LogP contribution is -2.60. The molecule has 2 aliphatic carbocycles. The van der Waals surface area contributed by atoms with E-state index in [2.05, 4.69) is 41.6 Å². The Morgan fingerprint density at radius 3 is 2.35 bits per heavy atom. The third kappa shape index (κ3) is 5.20. The monoisotopic (exact) mass is 432 g/mol. The number of piperidine rings is 2. The van der Waals surface area contributed by atoms with Crippen molar-refractivity contribution in [2.45, 2.75) is 103 Å². The van der Waals surface area contributed by atoms with Crippen LogP contribution in [0.4, 0.5) is 4.79 Å². The lowest BCUT2D eigenvalue weighted by molar-refractivity contribution is -0.148. The average molecular weight is 433 g/mol. The SMILES string of the molecule is CC1CCC(NC(=O)NC2CCC(C)C(C3CC4CNC(C)CC4N(C)C3=O)C2)CC1. The number of rotatable bonds is 3. The molecule has 0 aromatic carbocycles. The molecule has 0 bridgehead atoms. The molecule has 3 N–H and O–H groups in total. The number of urea groups is 1. The quantitative estimate of drug-likeness (QED) is 0.639. The lowest BCUT2D eigenvalue weighted by Gasteiger charge is -2.50. The number of nitrogens with zero attached hydrogens (tertiary/aromatic N) is 1. The third-order valence-electron chi connectivity index (χ3n) is 9.05. The molecule has 6 nitrogen and oxygen atoms in total.